The number of hydrogen-bond acceptors (Lipinski definition) is 10. The number of carboxylic acid groups (broad SMARTS) is 1. The van der Waals surface area contributed by atoms with Gasteiger partial charge in [0.1, 0.15) is 11.5 Å². The number of aromatic carboxylic acids is 1. The number of benzene rings is 3. The summed E-state index contributed by atoms with van der Waals surface area (Å²) in [5.41, 5.74) is 1.45. The van der Waals surface area contributed by atoms with E-state index in [2.05, 4.69) is 0 Å². The number of hydrogen-bond donors (Lipinski definition) is 2. The number of anilines is 2. The number of halogens is 1. The molecular weight excluding hydrogens is 784 g/mol. The molecular formula is C43H37ClN4O9S. The number of aromatic hydroxyl groups is 1. The second-order valence-corrected chi connectivity index (χ2v) is 17.0. The lowest BCUT2D eigenvalue weighted by atomic mass is 9.51. The highest BCUT2D eigenvalue weighted by Gasteiger charge is 2.68. The molecule has 4 amide bonds. The molecule has 13 nitrogen and oxygen atoms in total. The predicted octanol–water partition coefficient (Wildman–Crippen LogP) is 7.12. The van der Waals surface area contributed by atoms with Crippen molar-refractivity contribution in [3.63, 3.8) is 0 Å². The van der Waals surface area contributed by atoms with E-state index in [9.17, 15) is 24.6 Å². The Balaban J connectivity index is 1.17. The Labute approximate surface area is 341 Å². The highest BCUT2D eigenvalue weighted by atomic mass is 35.5. The summed E-state index contributed by atoms with van der Waals surface area (Å²) in [7, 11) is 4.47. The number of carboxylic acids is 1. The monoisotopic (exact) mass is 820 g/mol. The molecule has 2 aliphatic carbocycles. The number of fused-ring (bicyclic) bond motifs is 5. The number of imide groups is 2. The average molecular weight is 821 g/mol. The Bertz CT molecular complexity index is 2680. The van der Waals surface area contributed by atoms with Crippen LogP contribution in [-0.2, 0) is 26.2 Å². The zero-order valence-electron chi connectivity index (χ0n) is 32.0. The van der Waals surface area contributed by atoms with Crippen LogP contribution in [0.1, 0.15) is 47.2 Å². The molecule has 15 heteroatoms. The van der Waals surface area contributed by atoms with Crippen molar-refractivity contribution < 1.29 is 43.7 Å². The van der Waals surface area contributed by atoms with Crippen LogP contribution >= 0.6 is 22.9 Å². The van der Waals surface area contributed by atoms with Crippen LogP contribution in [0.25, 0.3) is 20.7 Å². The summed E-state index contributed by atoms with van der Waals surface area (Å²) in [5.74, 6) is -6.95. The number of aromatic nitrogens is 2. The topological polar surface area (TPSA) is 169 Å². The quantitative estimate of drug-likeness (QED) is 0.127. The van der Waals surface area contributed by atoms with E-state index < -0.39 is 64.6 Å². The molecule has 4 heterocycles. The number of aryl methyl sites for hydroxylation is 2. The van der Waals surface area contributed by atoms with Crippen molar-refractivity contribution >= 4 is 74.1 Å². The van der Waals surface area contributed by atoms with E-state index in [0.29, 0.717) is 21.9 Å². The van der Waals surface area contributed by atoms with Crippen LogP contribution in [0.4, 0.5) is 11.5 Å². The molecule has 3 aromatic carbocycles. The summed E-state index contributed by atoms with van der Waals surface area (Å²) >= 11 is 7.85. The van der Waals surface area contributed by atoms with Crippen LogP contribution in [-0.4, -0.2) is 63.8 Å². The molecule has 0 bridgehead atoms. The normalized spacial score (nSPS) is 25.2. The molecule has 2 aromatic heterocycles. The van der Waals surface area contributed by atoms with Gasteiger partial charge in [-0.25, -0.2) is 9.69 Å². The Morgan fingerprint density at radius 3 is 2.36 bits per heavy atom. The summed E-state index contributed by atoms with van der Waals surface area (Å²) in [4.78, 5) is 73.8. The Morgan fingerprint density at radius 1 is 0.948 bits per heavy atom. The first-order chi connectivity index (χ1) is 27.7. The molecule has 6 unspecified atom stereocenters. The summed E-state index contributed by atoms with van der Waals surface area (Å²) < 4.78 is 13.6. The smallest absolute Gasteiger partial charge is 0.335 e. The van der Waals surface area contributed by atoms with E-state index in [1.54, 1.807) is 32.2 Å². The van der Waals surface area contributed by atoms with Gasteiger partial charge in [-0.3, -0.25) is 28.8 Å². The van der Waals surface area contributed by atoms with Crippen LogP contribution in [0.3, 0.4) is 0 Å². The van der Waals surface area contributed by atoms with Crippen LogP contribution < -0.4 is 19.3 Å². The predicted molar refractivity (Wildman–Crippen MR) is 215 cm³/mol. The van der Waals surface area contributed by atoms with Gasteiger partial charge in [0, 0.05) is 28.8 Å². The second-order valence-electron chi connectivity index (χ2n) is 15.5. The summed E-state index contributed by atoms with van der Waals surface area (Å²) in [6.07, 6.45) is 2.18. The third kappa shape index (κ3) is 5.20. The first kappa shape index (κ1) is 37.6. The van der Waals surface area contributed by atoms with Gasteiger partial charge in [-0.2, -0.15) is 5.10 Å². The zero-order chi connectivity index (χ0) is 41.1. The Hall–Kier alpha value is -5.99. The van der Waals surface area contributed by atoms with E-state index in [4.69, 9.17) is 26.2 Å². The van der Waals surface area contributed by atoms with E-state index in [1.165, 1.54) is 59.4 Å². The van der Waals surface area contributed by atoms with Crippen molar-refractivity contribution in [2.24, 2.45) is 36.1 Å². The van der Waals surface area contributed by atoms with Gasteiger partial charge in [0.2, 0.25) is 29.4 Å². The summed E-state index contributed by atoms with van der Waals surface area (Å²) in [6.45, 7) is 3.74. The fourth-order valence-corrected chi connectivity index (χ4v) is 11.3. The highest BCUT2D eigenvalue weighted by molar-refractivity contribution is 7.22. The van der Waals surface area contributed by atoms with Crippen molar-refractivity contribution in [2.45, 2.75) is 32.6 Å². The van der Waals surface area contributed by atoms with Gasteiger partial charge in [-0.05, 0) is 97.7 Å². The van der Waals surface area contributed by atoms with Crippen LogP contribution in [0.2, 0.25) is 5.02 Å². The van der Waals surface area contributed by atoms with Crippen molar-refractivity contribution in [1.82, 2.24) is 9.78 Å². The zero-order valence-corrected chi connectivity index (χ0v) is 33.6. The lowest BCUT2D eigenvalue weighted by molar-refractivity contribution is -0.131. The maximum atomic E-state index is 15.3. The van der Waals surface area contributed by atoms with Gasteiger partial charge in [0.25, 0.3) is 0 Å². The van der Waals surface area contributed by atoms with Crippen molar-refractivity contribution in [3.8, 4) is 27.8 Å². The minimum absolute atomic E-state index is 0.0732. The Kier molecular flexibility index (Phi) is 8.60. The minimum atomic E-state index is -1.41. The highest BCUT2D eigenvalue weighted by Crippen LogP contribution is 2.64. The molecule has 58 heavy (non-hydrogen) atoms. The van der Waals surface area contributed by atoms with Gasteiger partial charge in [-0.1, -0.05) is 29.3 Å². The molecule has 9 rings (SSSR count). The largest absolute Gasteiger partial charge is 0.502 e. The Morgan fingerprint density at radius 2 is 1.67 bits per heavy atom. The number of allylic oxidation sites excluding steroid dienone is 2. The number of thiophene rings is 1. The first-order valence-electron chi connectivity index (χ1n) is 18.7. The fourth-order valence-electron chi connectivity index (χ4n) is 9.94. The lowest BCUT2D eigenvalue weighted by Gasteiger charge is -2.49. The van der Waals surface area contributed by atoms with Crippen LogP contribution in [0, 0.1) is 36.0 Å². The minimum Gasteiger partial charge on any atom is -0.502 e. The number of methoxy groups -OCH3 is 2. The first-order valence-corrected chi connectivity index (χ1v) is 19.9. The molecule has 0 spiro atoms. The maximum absolute atomic E-state index is 15.3. The summed E-state index contributed by atoms with van der Waals surface area (Å²) in [6, 6.07) is 16.3. The number of ether oxygens (including phenoxy) is 2. The SMILES string of the molecule is COc1cc(C2C3=CCC4C(=O)N(c5cccc(C(=O)O)c5)C(=O)C4C3CC3C(=O)N(c4cc(-c5sc6ccc(Cl)cc6c5C)nn4C)C(=O)C32C)cc(OC)c1O. The van der Waals surface area contributed by atoms with Crippen LogP contribution in [0.15, 0.2) is 72.3 Å². The molecule has 2 saturated heterocycles. The fraction of sp³-hybridized carbons (Fsp3) is 0.302. The van der Waals surface area contributed by atoms with Gasteiger partial charge in [0.05, 0.1) is 53.5 Å². The molecule has 2 aliphatic heterocycles. The standard InChI is InChI=1S/C43H37ClN4O9S/c1-19-26-16-22(44)9-12-32(26)58-37(19)29-18-33(46(3)45-29)48-39(51)28-17-27-24(35(43(28,2)42(48)55)21-14-30(56-4)36(49)31(15-21)57-5)10-11-25-34(27)40(52)47(38(25)50)23-8-6-7-20(13-23)41(53)54/h6-10,12-16,18,25,27-28,34-35,49H,11,17H2,1-5H3,(H,53,54). The number of amides is 4. The molecule has 1 saturated carbocycles. The van der Waals surface area contributed by atoms with E-state index in [0.717, 1.165) is 25.4 Å². The van der Waals surface area contributed by atoms with Gasteiger partial charge in [-0.15, -0.1) is 11.3 Å². The molecule has 3 fully saturated rings. The van der Waals surface area contributed by atoms with Crippen LogP contribution in [0.5, 0.6) is 17.2 Å². The molecule has 4 aliphatic rings. The van der Waals surface area contributed by atoms with E-state index in [-0.39, 0.29) is 47.2 Å². The number of carbonyl (C=O) groups is 5. The molecule has 0 radical (unpaired) electrons. The number of carbonyl (C=O) groups excluding carboxylic acids is 4. The number of nitrogens with zero attached hydrogens (tertiary/aromatic N) is 4. The van der Waals surface area contributed by atoms with Gasteiger partial charge < -0.3 is 19.7 Å². The number of phenols is 1. The lowest BCUT2D eigenvalue weighted by Crippen LogP contribution is -2.49. The van der Waals surface area contributed by atoms with Crippen molar-refractivity contribution in [2.75, 3.05) is 24.0 Å². The number of rotatable bonds is 7. The third-order valence-electron chi connectivity index (χ3n) is 12.7. The molecule has 5 aromatic rings. The van der Waals surface area contributed by atoms with Crippen molar-refractivity contribution in [1.29, 1.82) is 0 Å². The number of phenolic OH excluding ortho intramolecular Hbond substituents is 1. The molecule has 296 valence electrons. The molecule has 6 atom stereocenters. The van der Waals surface area contributed by atoms with E-state index in [1.807, 2.05) is 31.2 Å². The second kappa shape index (κ2) is 13.3. The van der Waals surface area contributed by atoms with Crippen molar-refractivity contribution in [3.05, 3.63) is 94.0 Å². The van der Waals surface area contributed by atoms with Gasteiger partial charge >= 0.3 is 5.97 Å². The van der Waals surface area contributed by atoms with Gasteiger partial charge in [0.15, 0.2) is 11.5 Å². The maximum Gasteiger partial charge on any atom is 0.335 e. The molecule has 2 N–H and O–H groups in total. The average Bonchev–Trinajstić information content (AvgIpc) is 3.88. The summed E-state index contributed by atoms with van der Waals surface area (Å²) in [5, 5.41) is 27.0. The van der Waals surface area contributed by atoms with E-state index >= 15 is 9.59 Å². The third-order valence-corrected chi connectivity index (χ3v) is 14.2.